The number of carbonyl (C=O) groups is 1. The largest absolute Gasteiger partial charge is 0.508 e. The van der Waals surface area contributed by atoms with E-state index in [9.17, 15) is 9.90 Å². The van der Waals surface area contributed by atoms with Gasteiger partial charge in [0.25, 0.3) is 0 Å². The number of fused-ring (bicyclic) bond motifs is 1. The molecule has 0 amide bonds. The summed E-state index contributed by atoms with van der Waals surface area (Å²) in [6.07, 6.45) is 3.91. The van der Waals surface area contributed by atoms with E-state index in [-0.39, 0.29) is 11.5 Å². The maximum atomic E-state index is 11.3. The minimum atomic E-state index is 0.133. The van der Waals surface area contributed by atoms with Crippen molar-refractivity contribution in [2.45, 2.75) is 19.9 Å². The fourth-order valence-electron chi connectivity index (χ4n) is 2.65. The summed E-state index contributed by atoms with van der Waals surface area (Å²) >= 11 is 0. The lowest BCUT2D eigenvalue weighted by Gasteiger charge is -2.05. The molecule has 118 valence electrons. The third-order valence-electron chi connectivity index (χ3n) is 3.75. The Hall–Kier alpha value is -2.89. The van der Waals surface area contributed by atoms with Crippen molar-refractivity contribution in [3.8, 4) is 16.9 Å². The minimum Gasteiger partial charge on any atom is -0.508 e. The van der Waals surface area contributed by atoms with Crippen molar-refractivity contribution in [2.75, 3.05) is 12.4 Å². The number of ketones is 1. The Bertz CT molecular complexity index is 870. The molecule has 2 N–H and O–H groups in total. The number of phenolic OH excluding ortho intramolecular Hbond substituents is 1. The summed E-state index contributed by atoms with van der Waals surface area (Å²) in [6.45, 7) is 2.14. The zero-order valence-corrected chi connectivity index (χ0v) is 13.1. The van der Waals surface area contributed by atoms with Crippen LogP contribution >= 0.6 is 0 Å². The molecule has 0 atom stereocenters. The number of aromatic nitrogens is 3. The summed E-state index contributed by atoms with van der Waals surface area (Å²) in [4.78, 5) is 20.0. The number of nitrogens with one attached hydrogen (secondary N) is 1. The number of rotatable bonds is 5. The number of nitrogens with zero attached hydrogens (tertiary/aromatic N) is 3. The van der Waals surface area contributed by atoms with Crippen LogP contribution in [0.15, 0.2) is 36.8 Å². The van der Waals surface area contributed by atoms with Gasteiger partial charge in [-0.25, -0.2) is 9.97 Å². The Morgan fingerprint density at radius 1 is 1.35 bits per heavy atom. The van der Waals surface area contributed by atoms with Crippen molar-refractivity contribution in [1.29, 1.82) is 0 Å². The van der Waals surface area contributed by atoms with Crippen LogP contribution in [0.4, 0.5) is 5.82 Å². The molecule has 2 aromatic heterocycles. The molecular weight excluding hydrogens is 292 g/mol. The van der Waals surface area contributed by atoms with Crippen molar-refractivity contribution < 1.29 is 9.90 Å². The minimum absolute atomic E-state index is 0.133. The summed E-state index contributed by atoms with van der Waals surface area (Å²) in [5.74, 6) is 1.05. The topological polar surface area (TPSA) is 80.0 Å². The molecule has 0 aliphatic rings. The predicted octanol–water partition coefficient (Wildman–Crippen LogP) is 2.82. The highest BCUT2D eigenvalue weighted by atomic mass is 16.3. The zero-order valence-electron chi connectivity index (χ0n) is 13.1. The van der Waals surface area contributed by atoms with Gasteiger partial charge >= 0.3 is 0 Å². The molecule has 0 saturated heterocycles. The second kappa shape index (κ2) is 6.08. The van der Waals surface area contributed by atoms with Crippen LogP contribution in [0.5, 0.6) is 5.75 Å². The van der Waals surface area contributed by atoms with Crippen LogP contribution in [-0.4, -0.2) is 32.5 Å². The molecule has 3 aromatic rings. The number of aromatic hydroxyl groups is 1. The van der Waals surface area contributed by atoms with Crippen LogP contribution in [0.1, 0.15) is 13.3 Å². The normalized spacial score (nSPS) is 10.9. The van der Waals surface area contributed by atoms with E-state index in [1.165, 1.54) is 6.33 Å². The summed E-state index contributed by atoms with van der Waals surface area (Å²) < 4.78 is 1.96. The number of hydrogen-bond donors (Lipinski definition) is 2. The molecule has 23 heavy (non-hydrogen) atoms. The Labute approximate surface area is 133 Å². The van der Waals surface area contributed by atoms with Gasteiger partial charge in [-0.15, -0.1) is 0 Å². The predicted molar refractivity (Wildman–Crippen MR) is 89.5 cm³/mol. The molecule has 0 fully saturated rings. The van der Waals surface area contributed by atoms with Crippen LogP contribution in [0.2, 0.25) is 0 Å². The van der Waals surface area contributed by atoms with Crippen LogP contribution in [-0.2, 0) is 11.3 Å². The average molecular weight is 310 g/mol. The first kappa shape index (κ1) is 15.0. The summed E-state index contributed by atoms with van der Waals surface area (Å²) in [5.41, 5.74) is 2.57. The van der Waals surface area contributed by atoms with Crippen LogP contribution in [0.25, 0.3) is 22.2 Å². The van der Waals surface area contributed by atoms with Gasteiger partial charge in [-0.3, -0.25) is 4.79 Å². The number of hydrogen-bond acceptors (Lipinski definition) is 5. The molecule has 3 rings (SSSR count). The molecule has 2 heterocycles. The number of benzene rings is 1. The van der Waals surface area contributed by atoms with Crippen molar-refractivity contribution in [2.24, 2.45) is 0 Å². The lowest BCUT2D eigenvalue weighted by molar-refractivity contribution is -0.117. The summed E-state index contributed by atoms with van der Waals surface area (Å²) in [7, 11) is 1.81. The van der Waals surface area contributed by atoms with Crippen LogP contribution < -0.4 is 5.32 Å². The number of phenols is 1. The van der Waals surface area contributed by atoms with Gasteiger partial charge in [-0.1, -0.05) is 12.1 Å². The van der Waals surface area contributed by atoms with E-state index < -0.39 is 0 Å². The van der Waals surface area contributed by atoms with Gasteiger partial charge in [0.15, 0.2) is 0 Å². The van der Waals surface area contributed by atoms with Gasteiger partial charge < -0.3 is 15.0 Å². The molecule has 0 aliphatic carbocycles. The molecule has 0 radical (unpaired) electrons. The van der Waals surface area contributed by atoms with Crippen molar-refractivity contribution in [1.82, 2.24) is 14.5 Å². The number of anilines is 1. The van der Waals surface area contributed by atoms with E-state index in [4.69, 9.17) is 0 Å². The monoisotopic (exact) mass is 310 g/mol. The van der Waals surface area contributed by atoms with Crippen LogP contribution in [0.3, 0.4) is 0 Å². The van der Waals surface area contributed by atoms with Crippen LogP contribution in [0, 0.1) is 0 Å². The highest BCUT2D eigenvalue weighted by Crippen LogP contribution is 2.34. The molecule has 0 saturated carbocycles. The highest BCUT2D eigenvalue weighted by molar-refractivity contribution is 6.01. The summed E-state index contributed by atoms with van der Waals surface area (Å²) in [6, 6.07) is 7.06. The summed E-state index contributed by atoms with van der Waals surface area (Å²) in [5, 5.41) is 13.7. The third kappa shape index (κ3) is 2.88. The molecule has 0 bridgehead atoms. The fraction of sp³-hybridized carbons (Fsp3) is 0.235. The standard InChI is InChI=1S/C17H18N4O2/c1-11(22)6-7-21-9-14(12-4-3-5-13(23)8-12)15-16(18-2)19-10-20-17(15)21/h3-5,8-10,23H,6-7H2,1-2H3,(H,18,19,20). The van der Waals surface area contributed by atoms with E-state index in [2.05, 4.69) is 15.3 Å². The third-order valence-corrected chi connectivity index (χ3v) is 3.75. The number of aryl methyl sites for hydroxylation is 1. The van der Waals surface area contributed by atoms with Crippen molar-refractivity contribution in [3.63, 3.8) is 0 Å². The van der Waals surface area contributed by atoms with E-state index >= 15 is 0 Å². The molecular formula is C17H18N4O2. The van der Waals surface area contributed by atoms with Crippen molar-refractivity contribution in [3.05, 3.63) is 36.8 Å². The molecule has 6 heteroatoms. The maximum absolute atomic E-state index is 11.3. The molecule has 0 spiro atoms. The zero-order chi connectivity index (χ0) is 16.4. The Kier molecular flexibility index (Phi) is 3.97. The molecule has 1 aromatic carbocycles. The first-order valence-corrected chi connectivity index (χ1v) is 7.40. The first-order valence-electron chi connectivity index (χ1n) is 7.40. The van der Waals surface area contributed by atoms with Crippen molar-refractivity contribution >= 4 is 22.6 Å². The lowest BCUT2D eigenvalue weighted by Crippen LogP contribution is -2.03. The highest BCUT2D eigenvalue weighted by Gasteiger charge is 2.16. The second-order valence-corrected chi connectivity index (χ2v) is 5.41. The Morgan fingerprint density at radius 3 is 2.87 bits per heavy atom. The number of carbonyl (C=O) groups excluding carboxylic acids is 1. The quantitative estimate of drug-likeness (QED) is 0.757. The smallest absolute Gasteiger partial charge is 0.146 e. The van der Waals surface area contributed by atoms with E-state index in [0.717, 1.165) is 28.0 Å². The van der Waals surface area contributed by atoms with Gasteiger partial charge in [0.05, 0.1) is 5.39 Å². The average Bonchev–Trinajstić information content (AvgIpc) is 2.92. The molecule has 0 unspecified atom stereocenters. The van der Waals surface area contributed by atoms with Gasteiger partial charge in [0.2, 0.25) is 0 Å². The molecule has 6 nitrogen and oxygen atoms in total. The number of Topliss-reactive ketones (excluding diaryl/α,β-unsaturated/α-hetero) is 1. The molecule has 0 aliphatic heterocycles. The Balaban J connectivity index is 2.22. The lowest BCUT2D eigenvalue weighted by atomic mass is 10.1. The van der Waals surface area contributed by atoms with Gasteiger partial charge in [-0.05, 0) is 24.6 Å². The first-order chi connectivity index (χ1) is 11.1. The second-order valence-electron chi connectivity index (χ2n) is 5.41. The van der Waals surface area contributed by atoms with E-state index in [1.54, 1.807) is 32.2 Å². The SMILES string of the molecule is CNc1ncnc2c1c(-c1cccc(O)c1)cn2CCC(C)=O. The van der Waals surface area contributed by atoms with E-state index in [1.807, 2.05) is 16.8 Å². The maximum Gasteiger partial charge on any atom is 0.146 e. The Morgan fingerprint density at radius 2 is 2.17 bits per heavy atom. The van der Waals surface area contributed by atoms with E-state index in [0.29, 0.717) is 13.0 Å². The van der Waals surface area contributed by atoms with Gasteiger partial charge in [-0.2, -0.15) is 0 Å². The van der Waals surface area contributed by atoms with Gasteiger partial charge in [0.1, 0.15) is 29.3 Å². The van der Waals surface area contributed by atoms with Gasteiger partial charge in [0, 0.05) is 31.8 Å². The fourth-order valence-corrected chi connectivity index (χ4v) is 2.65.